The Hall–Kier alpha value is -0.870. The molecule has 2 aliphatic rings. The largest absolute Gasteiger partial charge is 0.371 e. The molecule has 114 valence electrons. The van der Waals surface area contributed by atoms with Gasteiger partial charge < -0.3 is 4.74 Å². The highest BCUT2D eigenvalue weighted by atomic mass is 79.9. The third-order valence-corrected chi connectivity index (χ3v) is 5.99. The van der Waals surface area contributed by atoms with E-state index in [1.54, 1.807) is 0 Å². The van der Waals surface area contributed by atoms with Crippen molar-refractivity contribution in [1.29, 1.82) is 0 Å². The van der Waals surface area contributed by atoms with Crippen LogP contribution in [-0.4, -0.2) is 24.1 Å². The van der Waals surface area contributed by atoms with E-state index in [9.17, 15) is 0 Å². The second-order valence-electron chi connectivity index (χ2n) is 6.06. The summed E-state index contributed by atoms with van der Waals surface area (Å²) in [5.74, 6) is 0.429. The SMILES string of the molecule is Clc1c(Br)ccc2c1CO[C@H]1CN(Cc3ccccc3)C[C@H]21. The van der Waals surface area contributed by atoms with Crippen molar-refractivity contribution in [1.82, 2.24) is 4.90 Å². The molecular formula is C18H17BrClNO. The summed E-state index contributed by atoms with van der Waals surface area (Å²) in [6, 6.07) is 14.9. The molecule has 2 aromatic rings. The van der Waals surface area contributed by atoms with Gasteiger partial charge in [0.05, 0.1) is 17.7 Å². The van der Waals surface area contributed by atoms with E-state index in [2.05, 4.69) is 63.3 Å². The highest BCUT2D eigenvalue weighted by molar-refractivity contribution is 9.10. The lowest BCUT2D eigenvalue weighted by Gasteiger charge is -2.28. The van der Waals surface area contributed by atoms with E-state index in [0.29, 0.717) is 12.5 Å². The zero-order chi connectivity index (χ0) is 15.1. The molecule has 0 radical (unpaired) electrons. The topological polar surface area (TPSA) is 12.5 Å². The van der Waals surface area contributed by atoms with Crippen molar-refractivity contribution < 1.29 is 4.74 Å². The predicted octanol–water partition coefficient (Wildman–Crippen LogP) is 4.60. The second-order valence-corrected chi connectivity index (χ2v) is 7.30. The van der Waals surface area contributed by atoms with E-state index < -0.39 is 0 Å². The third-order valence-electron chi connectivity index (χ3n) is 4.66. The van der Waals surface area contributed by atoms with Gasteiger partial charge in [0, 0.05) is 35.6 Å². The molecule has 0 N–H and O–H groups in total. The Kier molecular flexibility index (Phi) is 3.99. The fraction of sp³-hybridized carbons (Fsp3) is 0.333. The Morgan fingerprint density at radius 3 is 2.77 bits per heavy atom. The van der Waals surface area contributed by atoms with Gasteiger partial charge in [-0.2, -0.15) is 0 Å². The zero-order valence-electron chi connectivity index (χ0n) is 12.1. The van der Waals surface area contributed by atoms with Crippen molar-refractivity contribution in [2.45, 2.75) is 25.2 Å². The lowest BCUT2D eigenvalue weighted by molar-refractivity contribution is 0.0249. The Morgan fingerprint density at radius 1 is 1.14 bits per heavy atom. The zero-order valence-corrected chi connectivity index (χ0v) is 14.5. The van der Waals surface area contributed by atoms with Crippen molar-refractivity contribution in [3.05, 3.63) is 68.7 Å². The van der Waals surface area contributed by atoms with Crippen LogP contribution >= 0.6 is 27.5 Å². The first-order chi connectivity index (χ1) is 10.7. The van der Waals surface area contributed by atoms with Crippen LogP contribution in [0.15, 0.2) is 46.9 Å². The molecule has 0 unspecified atom stereocenters. The molecule has 2 nitrogen and oxygen atoms in total. The highest BCUT2D eigenvalue weighted by Crippen LogP contribution is 2.41. The van der Waals surface area contributed by atoms with E-state index >= 15 is 0 Å². The molecule has 2 aliphatic heterocycles. The van der Waals surface area contributed by atoms with Gasteiger partial charge in [0.1, 0.15) is 0 Å². The summed E-state index contributed by atoms with van der Waals surface area (Å²) in [7, 11) is 0. The monoisotopic (exact) mass is 377 g/mol. The third kappa shape index (κ3) is 2.61. The van der Waals surface area contributed by atoms with Gasteiger partial charge in [0.2, 0.25) is 0 Å². The molecule has 0 aliphatic carbocycles. The van der Waals surface area contributed by atoms with Gasteiger partial charge in [-0.1, -0.05) is 48.0 Å². The van der Waals surface area contributed by atoms with Crippen molar-refractivity contribution in [3.8, 4) is 0 Å². The Labute approximate surface area is 144 Å². The minimum atomic E-state index is 0.286. The maximum Gasteiger partial charge on any atom is 0.0787 e. The summed E-state index contributed by atoms with van der Waals surface area (Å²) in [5.41, 5.74) is 3.87. The number of rotatable bonds is 2. The summed E-state index contributed by atoms with van der Waals surface area (Å²) >= 11 is 9.93. The fourth-order valence-corrected chi connectivity index (χ4v) is 4.18. The van der Waals surface area contributed by atoms with E-state index in [4.69, 9.17) is 16.3 Å². The van der Waals surface area contributed by atoms with Crippen LogP contribution in [-0.2, 0) is 17.9 Å². The number of hydrogen-bond donors (Lipinski definition) is 0. The molecule has 0 aromatic heterocycles. The minimum Gasteiger partial charge on any atom is -0.371 e. The van der Waals surface area contributed by atoms with Crippen LogP contribution in [0.1, 0.15) is 22.6 Å². The molecule has 4 heteroatoms. The smallest absolute Gasteiger partial charge is 0.0787 e. The quantitative estimate of drug-likeness (QED) is 0.757. The lowest BCUT2D eigenvalue weighted by Crippen LogP contribution is -2.27. The van der Waals surface area contributed by atoms with Gasteiger partial charge in [0.15, 0.2) is 0 Å². The summed E-state index contributed by atoms with van der Waals surface area (Å²) in [6.45, 7) is 3.63. The van der Waals surface area contributed by atoms with Gasteiger partial charge in [-0.05, 0) is 33.1 Å². The van der Waals surface area contributed by atoms with Crippen LogP contribution < -0.4 is 0 Å². The first-order valence-corrected chi connectivity index (χ1v) is 8.74. The Morgan fingerprint density at radius 2 is 1.95 bits per heavy atom. The number of halogens is 2. The van der Waals surface area contributed by atoms with Crippen molar-refractivity contribution in [2.24, 2.45) is 0 Å². The first-order valence-electron chi connectivity index (χ1n) is 7.57. The molecule has 0 bridgehead atoms. The summed E-state index contributed by atoms with van der Waals surface area (Å²) in [5, 5.41) is 0.803. The van der Waals surface area contributed by atoms with Gasteiger partial charge in [-0.15, -0.1) is 0 Å². The molecule has 0 spiro atoms. The number of hydrogen-bond acceptors (Lipinski definition) is 2. The van der Waals surface area contributed by atoms with Gasteiger partial charge >= 0.3 is 0 Å². The van der Waals surface area contributed by atoms with Gasteiger partial charge in [-0.3, -0.25) is 4.90 Å². The van der Waals surface area contributed by atoms with Gasteiger partial charge in [-0.25, -0.2) is 0 Å². The molecule has 4 rings (SSSR count). The highest BCUT2D eigenvalue weighted by Gasteiger charge is 2.39. The predicted molar refractivity (Wildman–Crippen MR) is 92.2 cm³/mol. The second kappa shape index (κ2) is 5.97. The maximum absolute atomic E-state index is 6.43. The molecule has 1 saturated heterocycles. The molecular weight excluding hydrogens is 362 g/mol. The average Bonchev–Trinajstić information content (AvgIpc) is 2.94. The van der Waals surface area contributed by atoms with Crippen LogP contribution in [0.25, 0.3) is 0 Å². The normalized spacial score (nSPS) is 24.1. The van der Waals surface area contributed by atoms with Crippen molar-refractivity contribution >= 4 is 27.5 Å². The number of benzene rings is 2. The average molecular weight is 379 g/mol. The van der Waals surface area contributed by atoms with Crippen LogP contribution in [0.2, 0.25) is 5.02 Å². The van der Waals surface area contributed by atoms with E-state index in [1.807, 2.05) is 0 Å². The number of ether oxygens (including phenoxy) is 1. The number of fused-ring (bicyclic) bond motifs is 3. The maximum atomic E-state index is 6.43. The van der Waals surface area contributed by atoms with Crippen LogP contribution in [0.3, 0.4) is 0 Å². The van der Waals surface area contributed by atoms with Crippen molar-refractivity contribution in [3.63, 3.8) is 0 Å². The van der Waals surface area contributed by atoms with E-state index in [-0.39, 0.29) is 6.10 Å². The summed E-state index contributed by atoms with van der Waals surface area (Å²) in [4.78, 5) is 2.48. The number of nitrogens with zero attached hydrogens (tertiary/aromatic N) is 1. The van der Waals surface area contributed by atoms with Crippen molar-refractivity contribution in [2.75, 3.05) is 13.1 Å². The standard InChI is InChI=1S/C18H17BrClNO/c19-16-7-6-13-14-9-21(8-12-4-2-1-3-5-12)10-17(14)22-11-15(13)18(16)20/h1-7,14,17H,8-11H2/t14-,17+/m1/s1. The molecule has 1 fully saturated rings. The minimum absolute atomic E-state index is 0.286. The van der Waals surface area contributed by atoms with Crippen LogP contribution in [0.5, 0.6) is 0 Å². The molecule has 0 saturated carbocycles. The molecule has 0 amide bonds. The molecule has 2 aromatic carbocycles. The summed E-state index contributed by atoms with van der Waals surface area (Å²) < 4.78 is 7.04. The molecule has 2 atom stereocenters. The van der Waals surface area contributed by atoms with E-state index in [1.165, 1.54) is 11.1 Å². The molecule has 22 heavy (non-hydrogen) atoms. The molecule has 2 heterocycles. The fourth-order valence-electron chi connectivity index (χ4n) is 3.58. The lowest BCUT2D eigenvalue weighted by atomic mass is 9.90. The number of likely N-dealkylation sites (tertiary alicyclic amines) is 1. The first kappa shape index (κ1) is 14.7. The Balaban J connectivity index is 1.57. The Bertz CT molecular complexity index is 691. The van der Waals surface area contributed by atoms with Crippen LogP contribution in [0, 0.1) is 0 Å². The van der Waals surface area contributed by atoms with Crippen LogP contribution in [0.4, 0.5) is 0 Å². The van der Waals surface area contributed by atoms with E-state index in [0.717, 1.165) is 34.7 Å². The van der Waals surface area contributed by atoms with Gasteiger partial charge in [0.25, 0.3) is 0 Å². The summed E-state index contributed by atoms with van der Waals surface area (Å²) in [6.07, 6.45) is 0.286.